The summed E-state index contributed by atoms with van der Waals surface area (Å²) < 4.78 is 29.2. The van der Waals surface area contributed by atoms with Crippen molar-refractivity contribution in [3.63, 3.8) is 0 Å². The number of benzene rings is 1. The third kappa shape index (κ3) is 5.42. The van der Waals surface area contributed by atoms with E-state index < -0.39 is 33.5 Å². The van der Waals surface area contributed by atoms with Crippen LogP contribution in [0.2, 0.25) is 0 Å². The fourth-order valence-electron chi connectivity index (χ4n) is 1.79. The van der Waals surface area contributed by atoms with Gasteiger partial charge in [-0.1, -0.05) is 18.2 Å². The molecule has 1 aromatic rings. The Morgan fingerprint density at radius 2 is 1.95 bits per heavy atom. The van der Waals surface area contributed by atoms with Gasteiger partial charge in [-0.2, -0.15) is 0 Å². The van der Waals surface area contributed by atoms with Gasteiger partial charge in [0, 0.05) is 12.5 Å². The maximum absolute atomic E-state index is 12.1. The summed E-state index contributed by atoms with van der Waals surface area (Å²) in [5.41, 5.74) is 0.437. The molecule has 8 heteroatoms. The average Bonchev–Trinajstić information content (AvgIpc) is 2.37. The molecule has 1 aromatic carbocycles. The largest absolute Gasteiger partial charge is 0.496 e. The highest BCUT2D eigenvalue weighted by Gasteiger charge is 2.26. The maximum atomic E-state index is 12.1. The molecule has 0 fully saturated rings. The molecule has 0 aromatic heterocycles. The summed E-state index contributed by atoms with van der Waals surface area (Å²) in [6, 6.07) is 5.10. The molecule has 0 saturated carbocycles. The van der Waals surface area contributed by atoms with Crippen LogP contribution in [-0.2, 0) is 25.2 Å². The highest BCUT2D eigenvalue weighted by atomic mass is 32.2. The molecule has 1 atom stereocenters. The van der Waals surface area contributed by atoms with Crippen molar-refractivity contribution in [2.45, 2.75) is 18.7 Å². The molecule has 0 aliphatic rings. The second-order valence-electron chi connectivity index (χ2n) is 4.46. The van der Waals surface area contributed by atoms with Crippen molar-refractivity contribution in [2.75, 3.05) is 12.9 Å². The molecule has 0 spiro atoms. The first-order chi connectivity index (χ1) is 9.75. The highest BCUT2D eigenvalue weighted by Crippen LogP contribution is 2.20. The molecule has 1 amide bonds. The lowest BCUT2D eigenvalue weighted by atomic mass is 10.2. The van der Waals surface area contributed by atoms with Gasteiger partial charge in [-0.3, -0.25) is 4.79 Å². The van der Waals surface area contributed by atoms with Gasteiger partial charge in [0.05, 0.1) is 18.6 Å². The topological polar surface area (TPSA) is 110 Å². The minimum Gasteiger partial charge on any atom is -0.496 e. The van der Waals surface area contributed by atoms with E-state index in [2.05, 4.69) is 5.32 Å². The predicted octanol–water partition coefficient (Wildman–Crippen LogP) is 0.199. The lowest BCUT2D eigenvalue weighted by Gasteiger charge is -2.14. The Kier molecular flexibility index (Phi) is 5.71. The molecular formula is C13H17NO6S. The molecule has 0 radical (unpaired) electrons. The fraction of sp³-hybridized carbons (Fsp3) is 0.385. The molecule has 7 nitrogen and oxygen atoms in total. The molecule has 21 heavy (non-hydrogen) atoms. The molecule has 1 unspecified atom stereocenters. The SMILES string of the molecule is COc1ccccc1CS(=O)(=O)CC(NC(C)=O)C(=O)O. The van der Waals surface area contributed by atoms with E-state index in [1.54, 1.807) is 24.3 Å². The summed E-state index contributed by atoms with van der Waals surface area (Å²) in [4.78, 5) is 21.9. The molecule has 1 rings (SSSR count). The first kappa shape index (κ1) is 17.0. The van der Waals surface area contributed by atoms with Crippen molar-refractivity contribution in [3.05, 3.63) is 29.8 Å². The van der Waals surface area contributed by atoms with Crippen LogP contribution in [0, 0.1) is 0 Å². The monoisotopic (exact) mass is 315 g/mol. The average molecular weight is 315 g/mol. The summed E-state index contributed by atoms with van der Waals surface area (Å²) in [5.74, 6) is -2.63. The van der Waals surface area contributed by atoms with Gasteiger partial charge >= 0.3 is 5.97 Å². The smallest absolute Gasteiger partial charge is 0.327 e. The number of carbonyl (C=O) groups excluding carboxylic acids is 1. The van der Waals surface area contributed by atoms with Crippen molar-refractivity contribution >= 4 is 21.7 Å². The Hall–Kier alpha value is -2.09. The third-order valence-electron chi connectivity index (χ3n) is 2.66. The van der Waals surface area contributed by atoms with Crippen LogP contribution in [0.4, 0.5) is 0 Å². The number of hydrogen-bond acceptors (Lipinski definition) is 5. The molecule has 0 aliphatic carbocycles. The molecule has 0 heterocycles. The van der Waals surface area contributed by atoms with Crippen LogP contribution in [0.5, 0.6) is 5.75 Å². The second kappa shape index (κ2) is 7.07. The zero-order chi connectivity index (χ0) is 16.0. The maximum Gasteiger partial charge on any atom is 0.327 e. The van der Waals surface area contributed by atoms with Gasteiger partial charge in [-0.05, 0) is 6.07 Å². The zero-order valence-electron chi connectivity index (χ0n) is 11.7. The number of hydrogen-bond donors (Lipinski definition) is 2. The number of rotatable bonds is 7. The van der Waals surface area contributed by atoms with Crippen molar-refractivity contribution in [3.8, 4) is 5.75 Å². The molecular weight excluding hydrogens is 298 g/mol. The van der Waals surface area contributed by atoms with Gasteiger partial charge in [0.1, 0.15) is 11.8 Å². The predicted molar refractivity (Wildman–Crippen MR) is 75.7 cm³/mol. The fourth-order valence-corrected chi connectivity index (χ4v) is 3.36. The van der Waals surface area contributed by atoms with Crippen molar-refractivity contribution in [1.29, 1.82) is 0 Å². The number of para-hydroxylation sites is 1. The zero-order valence-corrected chi connectivity index (χ0v) is 12.5. The van der Waals surface area contributed by atoms with Gasteiger partial charge in [-0.15, -0.1) is 0 Å². The quantitative estimate of drug-likeness (QED) is 0.744. The number of ether oxygens (including phenoxy) is 1. The Morgan fingerprint density at radius 3 is 2.48 bits per heavy atom. The lowest BCUT2D eigenvalue weighted by Crippen LogP contribution is -2.44. The highest BCUT2D eigenvalue weighted by molar-refractivity contribution is 7.90. The molecule has 116 valence electrons. The molecule has 2 N–H and O–H groups in total. The minimum absolute atomic E-state index is 0.361. The third-order valence-corrected chi connectivity index (χ3v) is 4.26. The Bertz CT molecular complexity index is 625. The van der Waals surface area contributed by atoms with Gasteiger partial charge in [0.25, 0.3) is 0 Å². The van der Waals surface area contributed by atoms with Crippen LogP contribution in [0.1, 0.15) is 12.5 Å². The van der Waals surface area contributed by atoms with E-state index >= 15 is 0 Å². The normalized spacial score (nSPS) is 12.5. The van der Waals surface area contributed by atoms with Crippen LogP contribution >= 0.6 is 0 Å². The molecule has 0 aliphatic heterocycles. The van der Waals surface area contributed by atoms with Crippen LogP contribution in [0.15, 0.2) is 24.3 Å². The van der Waals surface area contributed by atoms with Gasteiger partial charge in [0.15, 0.2) is 9.84 Å². The van der Waals surface area contributed by atoms with Crippen LogP contribution in [0.3, 0.4) is 0 Å². The molecule has 0 saturated heterocycles. The van der Waals surface area contributed by atoms with E-state index in [0.29, 0.717) is 11.3 Å². The Balaban J connectivity index is 2.90. The van der Waals surface area contributed by atoms with E-state index in [1.165, 1.54) is 7.11 Å². The number of nitrogens with one attached hydrogen (secondary N) is 1. The summed E-state index contributed by atoms with van der Waals surface area (Å²) >= 11 is 0. The van der Waals surface area contributed by atoms with Crippen molar-refractivity contribution in [1.82, 2.24) is 5.32 Å². The van der Waals surface area contributed by atoms with Gasteiger partial charge < -0.3 is 15.2 Å². The van der Waals surface area contributed by atoms with Crippen LogP contribution in [0.25, 0.3) is 0 Å². The van der Waals surface area contributed by atoms with Gasteiger partial charge in [-0.25, -0.2) is 13.2 Å². The molecule has 0 bridgehead atoms. The van der Waals surface area contributed by atoms with Crippen molar-refractivity contribution < 1.29 is 27.9 Å². The van der Waals surface area contributed by atoms with E-state index in [4.69, 9.17) is 9.84 Å². The lowest BCUT2D eigenvalue weighted by molar-refractivity contribution is -0.140. The van der Waals surface area contributed by atoms with Crippen molar-refractivity contribution in [2.24, 2.45) is 0 Å². The number of carbonyl (C=O) groups is 2. The van der Waals surface area contributed by atoms with E-state index in [0.717, 1.165) is 6.92 Å². The second-order valence-corrected chi connectivity index (χ2v) is 6.57. The van der Waals surface area contributed by atoms with E-state index in [9.17, 15) is 18.0 Å². The van der Waals surface area contributed by atoms with E-state index in [-0.39, 0.29) is 5.75 Å². The Labute approximate surface area is 122 Å². The van der Waals surface area contributed by atoms with Crippen LogP contribution in [-0.4, -0.2) is 44.3 Å². The summed E-state index contributed by atoms with van der Waals surface area (Å²) in [7, 11) is -2.31. The number of aliphatic carboxylic acids is 1. The summed E-state index contributed by atoms with van der Waals surface area (Å²) in [5, 5.41) is 11.0. The number of carboxylic acid groups (broad SMARTS) is 1. The summed E-state index contributed by atoms with van der Waals surface area (Å²) in [6.45, 7) is 1.13. The van der Waals surface area contributed by atoms with Crippen LogP contribution < -0.4 is 10.1 Å². The minimum atomic E-state index is -3.73. The number of sulfone groups is 1. The standard InChI is InChI=1S/C13H17NO6S/c1-9(15)14-11(13(16)17)8-21(18,19)7-10-5-3-4-6-12(10)20-2/h3-6,11H,7-8H2,1-2H3,(H,14,15)(H,16,17). The Morgan fingerprint density at radius 1 is 1.33 bits per heavy atom. The number of carboxylic acids is 1. The van der Waals surface area contributed by atoms with Gasteiger partial charge in [0.2, 0.25) is 5.91 Å². The number of methoxy groups -OCH3 is 1. The first-order valence-electron chi connectivity index (χ1n) is 6.07. The van der Waals surface area contributed by atoms with E-state index in [1.807, 2.05) is 0 Å². The first-order valence-corrected chi connectivity index (χ1v) is 7.89. The number of amides is 1. The summed E-state index contributed by atoms with van der Waals surface area (Å²) in [6.07, 6.45) is 0.